The van der Waals surface area contributed by atoms with E-state index in [1.165, 1.54) is 6.07 Å². The third-order valence-corrected chi connectivity index (χ3v) is 3.73. The van der Waals surface area contributed by atoms with Gasteiger partial charge in [0, 0.05) is 31.6 Å². The molecule has 3 rings (SSSR count). The van der Waals surface area contributed by atoms with Gasteiger partial charge >= 0.3 is 0 Å². The summed E-state index contributed by atoms with van der Waals surface area (Å²) >= 11 is 0. The molecule has 126 valence electrons. The molecule has 2 aromatic rings. The molecule has 0 atom stereocenters. The molecule has 0 radical (unpaired) electrons. The fraction of sp³-hybridized carbons (Fsp3) is 0.278. The maximum atomic E-state index is 13.4. The predicted molar refractivity (Wildman–Crippen MR) is 87.1 cm³/mol. The zero-order chi connectivity index (χ0) is 16.8. The van der Waals surface area contributed by atoms with E-state index in [2.05, 4.69) is 10.6 Å². The maximum absolute atomic E-state index is 13.4. The first-order chi connectivity index (χ1) is 11.7. The molecule has 5 nitrogen and oxygen atoms in total. The van der Waals surface area contributed by atoms with Gasteiger partial charge in [-0.1, -0.05) is 24.3 Å². The molecule has 0 unspecified atom stereocenters. The summed E-state index contributed by atoms with van der Waals surface area (Å²) in [5, 5.41) is 5.92. The molecule has 1 aliphatic heterocycles. The summed E-state index contributed by atoms with van der Waals surface area (Å²) in [6.45, 7) is 1.64. The number of carbonyl (C=O) groups excluding carboxylic acids is 1. The van der Waals surface area contributed by atoms with Gasteiger partial charge in [0.25, 0.3) is 0 Å². The van der Waals surface area contributed by atoms with E-state index in [4.69, 9.17) is 9.47 Å². The van der Waals surface area contributed by atoms with Crippen LogP contribution in [0.15, 0.2) is 42.5 Å². The van der Waals surface area contributed by atoms with Crippen LogP contribution in [0.4, 0.5) is 4.39 Å². The summed E-state index contributed by atoms with van der Waals surface area (Å²) in [5.41, 5.74) is 1.55. The summed E-state index contributed by atoms with van der Waals surface area (Å²) in [4.78, 5) is 11.8. The van der Waals surface area contributed by atoms with Crippen LogP contribution in [-0.2, 0) is 17.9 Å². The van der Waals surface area contributed by atoms with Crippen molar-refractivity contribution < 1.29 is 18.7 Å². The number of benzene rings is 2. The number of hydrogen-bond donors (Lipinski definition) is 2. The molecule has 0 saturated heterocycles. The molecule has 1 amide bonds. The van der Waals surface area contributed by atoms with Crippen LogP contribution in [0.3, 0.4) is 0 Å². The summed E-state index contributed by atoms with van der Waals surface area (Å²) in [6, 6.07) is 12.2. The lowest BCUT2D eigenvalue weighted by Crippen LogP contribution is -2.27. The van der Waals surface area contributed by atoms with Crippen LogP contribution in [0.1, 0.15) is 17.5 Å². The maximum Gasteiger partial charge on any atom is 0.231 e. The quantitative estimate of drug-likeness (QED) is 0.765. The Bertz CT molecular complexity index is 721. The lowest BCUT2D eigenvalue weighted by Gasteiger charge is -2.08. The largest absolute Gasteiger partial charge is 0.454 e. The number of amides is 1. The Balaban J connectivity index is 1.36. The van der Waals surface area contributed by atoms with Crippen LogP contribution in [0.2, 0.25) is 0 Å². The molecule has 6 heteroatoms. The Morgan fingerprint density at radius 1 is 1.08 bits per heavy atom. The molecule has 1 heterocycles. The Labute approximate surface area is 139 Å². The first-order valence-corrected chi connectivity index (χ1v) is 7.82. The number of ether oxygens (including phenoxy) is 2. The average molecular weight is 330 g/mol. The van der Waals surface area contributed by atoms with Crippen LogP contribution in [0.5, 0.6) is 11.5 Å². The molecule has 0 bridgehead atoms. The minimum Gasteiger partial charge on any atom is -0.454 e. The zero-order valence-corrected chi connectivity index (χ0v) is 13.2. The highest BCUT2D eigenvalue weighted by Gasteiger charge is 2.12. The van der Waals surface area contributed by atoms with E-state index in [0.717, 1.165) is 17.1 Å². The Morgan fingerprint density at radius 2 is 1.92 bits per heavy atom. The molecule has 0 spiro atoms. The van der Waals surface area contributed by atoms with E-state index in [-0.39, 0.29) is 25.1 Å². The fourth-order valence-corrected chi connectivity index (χ4v) is 2.41. The fourth-order valence-electron chi connectivity index (χ4n) is 2.41. The van der Waals surface area contributed by atoms with E-state index in [0.29, 0.717) is 25.1 Å². The van der Waals surface area contributed by atoms with Gasteiger partial charge in [-0.25, -0.2) is 4.39 Å². The second kappa shape index (κ2) is 7.79. The smallest absolute Gasteiger partial charge is 0.231 e. The molecule has 2 aromatic carbocycles. The molecule has 0 fully saturated rings. The monoisotopic (exact) mass is 330 g/mol. The minimum atomic E-state index is -0.307. The van der Waals surface area contributed by atoms with Crippen molar-refractivity contribution >= 4 is 5.91 Å². The van der Waals surface area contributed by atoms with Crippen LogP contribution in [0.25, 0.3) is 0 Å². The topological polar surface area (TPSA) is 59.6 Å². The molecule has 24 heavy (non-hydrogen) atoms. The minimum absolute atomic E-state index is 0.114. The third-order valence-electron chi connectivity index (χ3n) is 3.73. The lowest BCUT2D eigenvalue weighted by molar-refractivity contribution is -0.121. The van der Waals surface area contributed by atoms with Gasteiger partial charge in [0.2, 0.25) is 12.7 Å². The van der Waals surface area contributed by atoms with Gasteiger partial charge in [-0.05, 0) is 23.8 Å². The van der Waals surface area contributed by atoms with Gasteiger partial charge < -0.3 is 20.1 Å². The summed E-state index contributed by atoms with van der Waals surface area (Å²) in [6.07, 6.45) is 0.332. The molecule has 0 aliphatic carbocycles. The van der Waals surface area contributed by atoms with Crippen LogP contribution >= 0.6 is 0 Å². The van der Waals surface area contributed by atoms with E-state index in [1.807, 2.05) is 18.2 Å². The number of hydrogen-bond acceptors (Lipinski definition) is 4. The second-order valence-electron chi connectivity index (χ2n) is 5.48. The van der Waals surface area contributed by atoms with Crippen LogP contribution in [-0.4, -0.2) is 19.2 Å². The highest BCUT2D eigenvalue weighted by Crippen LogP contribution is 2.32. The zero-order valence-electron chi connectivity index (χ0n) is 13.2. The van der Waals surface area contributed by atoms with Crippen molar-refractivity contribution in [3.8, 4) is 11.5 Å². The molecule has 1 aliphatic rings. The molecule has 2 N–H and O–H groups in total. The molecular formula is C18H19FN2O3. The number of fused-ring (bicyclic) bond motifs is 1. The van der Waals surface area contributed by atoms with Gasteiger partial charge in [-0.2, -0.15) is 0 Å². The standard InChI is InChI=1S/C18H19FN2O3/c19-15-4-2-1-3-14(15)11-21-18(22)7-8-20-10-13-5-6-16-17(9-13)24-12-23-16/h1-6,9,20H,7-8,10-12H2,(H,21,22). The van der Waals surface area contributed by atoms with Crippen molar-refractivity contribution in [2.75, 3.05) is 13.3 Å². The highest BCUT2D eigenvalue weighted by molar-refractivity contribution is 5.76. The van der Waals surface area contributed by atoms with Crippen molar-refractivity contribution in [2.45, 2.75) is 19.5 Å². The van der Waals surface area contributed by atoms with E-state index < -0.39 is 0 Å². The van der Waals surface area contributed by atoms with Crippen LogP contribution in [0, 0.1) is 5.82 Å². The Kier molecular flexibility index (Phi) is 5.28. The Morgan fingerprint density at radius 3 is 2.79 bits per heavy atom. The predicted octanol–water partition coefficient (Wildman–Crippen LogP) is 2.35. The summed E-state index contributed by atoms with van der Waals surface area (Å²) < 4.78 is 24.0. The number of rotatable bonds is 7. The van der Waals surface area contributed by atoms with Crippen molar-refractivity contribution in [3.63, 3.8) is 0 Å². The number of halogens is 1. The van der Waals surface area contributed by atoms with Gasteiger partial charge in [-0.15, -0.1) is 0 Å². The lowest BCUT2D eigenvalue weighted by atomic mass is 10.2. The third kappa shape index (κ3) is 4.23. The van der Waals surface area contributed by atoms with Gasteiger partial charge in [-0.3, -0.25) is 4.79 Å². The van der Waals surface area contributed by atoms with Crippen molar-refractivity contribution in [1.29, 1.82) is 0 Å². The first kappa shape index (κ1) is 16.3. The molecular weight excluding hydrogens is 311 g/mol. The normalized spacial score (nSPS) is 12.2. The van der Waals surface area contributed by atoms with Crippen LogP contribution < -0.4 is 20.1 Å². The number of nitrogens with one attached hydrogen (secondary N) is 2. The van der Waals surface area contributed by atoms with E-state index >= 15 is 0 Å². The SMILES string of the molecule is O=C(CCNCc1ccc2c(c1)OCO2)NCc1ccccc1F. The average Bonchev–Trinajstić information content (AvgIpc) is 3.06. The first-order valence-electron chi connectivity index (χ1n) is 7.82. The summed E-state index contributed by atoms with van der Waals surface area (Å²) in [7, 11) is 0. The van der Waals surface area contributed by atoms with Gasteiger partial charge in [0.15, 0.2) is 11.5 Å². The van der Waals surface area contributed by atoms with E-state index in [1.54, 1.807) is 18.2 Å². The summed E-state index contributed by atoms with van der Waals surface area (Å²) in [5.74, 6) is 1.08. The van der Waals surface area contributed by atoms with Crippen molar-refractivity contribution in [2.24, 2.45) is 0 Å². The Hall–Kier alpha value is -2.60. The molecule has 0 saturated carbocycles. The van der Waals surface area contributed by atoms with Gasteiger partial charge in [0.1, 0.15) is 5.82 Å². The van der Waals surface area contributed by atoms with E-state index in [9.17, 15) is 9.18 Å². The second-order valence-corrected chi connectivity index (χ2v) is 5.48. The number of carbonyl (C=O) groups is 1. The van der Waals surface area contributed by atoms with Crippen molar-refractivity contribution in [3.05, 3.63) is 59.4 Å². The van der Waals surface area contributed by atoms with Gasteiger partial charge in [0.05, 0.1) is 0 Å². The highest BCUT2D eigenvalue weighted by atomic mass is 19.1. The van der Waals surface area contributed by atoms with Crippen molar-refractivity contribution in [1.82, 2.24) is 10.6 Å². The molecule has 0 aromatic heterocycles.